The molecule has 1 aromatic heterocycles. The molecule has 0 aliphatic heterocycles. The number of carbonyl (C=O) groups excluding carboxylic acids is 1. The molecule has 72 valence electrons. The van der Waals surface area contributed by atoms with E-state index in [2.05, 4.69) is 20.7 Å². The molecule has 1 aromatic rings. The highest BCUT2D eigenvalue weighted by Gasteiger charge is 2.17. The van der Waals surface area contributed by atoms with Gasteiger partial charge < -0.3 is 14.9 Å². The van der Waals surface area contributed by atoms with Crippen molar-refractivity contribution in [3.05, 3.63) is 22.6 Å². The fourth-order valence-electron chi connectivity index (χ4n) is 0.926. The maximum Gasteiger partial charge on any atom is 0.307 e. The van der Waals surface area contributed by atoms with Gasteiger partial charge in [-0.2, -0.15) is 0 Å². The zero-order chi connectivity index (χ0) is 9.84. The van der Waals surface area contributed by atoms with Crippen molar-refractivity contribution in [1.82, 2.24) is 0 Å². The van der Waals surface area contributed by atoms with Crippen molar-refractivity contribution in [1.29, 1.82) is 0 Å². The van der Waals surface area contributed by atoms with Crippen LogP contribution in [0.4, 0.5) is 0 Å². The van der Waals surface area contributed by atoms with Crippen LogP contribution < -0.4 is 5.73 Å². The highest BCUT2D eigenvalue weighted by Crippen LogP contribution is 2.24. The van der Waals surface area contributed by atoms with Gasteiger partial charge >= 0.3 is 5.97 Å². The summed E-state index contributed by atoms with van der Waals surface area (Å²) in [6, 6.07) is 1.27. The number of nitrogens with two attached hydrogens (primary N) is 1. The van der Waals surface area contributed by atoms with Crippen LogP contribution in [0.3, 0.4) is 0 Å². The fraction of sp³-hybridized carbons (Fsp3) is 0.375. The average molecular weight is 248 g/mol. The predicted molar refractivity (Wildman–Crippen MR) is 50.0 cm³/mol. The number of rotatable bonds is 3. The average Bonchev–Trinajstić information content (AvgIpc) is 2.51. The van der Waals surface area contributed by atoms with Crippen molar-refractivity contribution in [3.63, 3.8) is 0 Å². The summed E-state index contributed by atoms with van der Waals surface area (Å²) in [6.07, 6.45) is 1.62. The molecular formula is C8H10BrNO3. The van der Waals surface area contributed by atoms with Gasteiger partial charge in [0.15, 0.2) is 0 Å². The van der Waals surface area contributed by atoms with E-state index in [1.807, 2.05) is 0 Å². The van der Waals surface area contributed by atoms with E-state index < -0.39 is 6.04 Å². The van der Waals surface area contributed by atoms with Crippen LogP contribution in [-0.2, 0) is 9.53 Å². The Bertz CT molecular complexity index is 297. The second-order valence-corrected chi connectivity index (χ2v) is 3.37. The van der Waals surface area contributed by atoms with Crippen LogP contribution in [0.25, 0.3) is 0 Å². The number of methoxy groups -OCH3 is 1. The van der Waals surface area contributed by atoms with E-state index in [-0.39, 0.29) is 12.4 Å². The van der Waals surface area contributed by atoms with Gasteiger partial charge in [-0.15, -0.1) is 0 Å². The zero-order valence-electron chi connectivity index (χ0n) is 7.12. The molecular weight excluding hydrogens is 238 g/mol. The molecule has 2 N–H and O–H groups in total. The van der Waals surface area contributed by atoms with Crippen LogP contribution in [0, 0.1) is 0 Å². The Morgan fingerprint density at radius 1 is 1.85 bits per heavy atom. The van der Waals surface area contributed by atoms with E-state index in [0.29, 0.717) is 5.76 Å². The third-order valence-electron chi connectivity index (χ3n) is 1.60. The summed E-state index contributed by atoms with van der Waals surface area (Å²) in [7, 11) is 1.33. The summed E-state index contributed by atoms with van der Waals surface area (Å²) in [5.74, 6) is 0.209. The molecule has 5 heteroatoms. The minimum atomic E-state index is -0.461. The topological polar surface area (TPSA) is 65.5 Å². The van der Waals surface area contributed by atoms with E-state index in [1.54, 1.807) is 6.07 Å². The number of esters is 1. The standard InChI is InChI=1S/C8H10BrNO3/c1-12-7(11)4-6(10)8-5(9)2-3-13-8/h2-3,6H,4,10H2,1H3/t6-/m1/s1. The number of carbonyl (C=O) groups is 1. The van der Waals surface area contributed by atoms with Gasteiger partial charge in [0.2, 0.25) is 0 Å². The van der Waals surface area contributed by atoms with E-state index in [0.717, 1.165) is 4.47 Å². The van der Waals surface area contributed by atoms with E-state index in [9.17, 15) is 4.79 Å². The summed E-state index contributed by atoms with van der Waals surface area (Å²) in [6.45, 7) is 0. The van der Waals surface area contributed by atoms with Gasteiger partial charge in [-0.3, -0.25) is 4.79 Å². The summed E-state index contributed by atoms with van der Waals surface area (Å²) >= 11 is 3.25. The molecule has 0 amide bonds. The predicted octanol–water partition coefficient (Wildman–Crippen LogP) is 1.60. The highest BCUT2D eigenvalue weighted by atomic mass is 79.9. The largest absolute Gasteiger partial charge is 0.469 e. The van der Waals surface area contributed by atoms with Crippen molar-refractivity contribution in [2.24, 2.45) is 5.73 Å². The van der Waals surface area contributed by atoms with Gasteiger partial charge in [0.1, 0.15) is 5.76 Å². The number of furan rings is 1. The zero-order valence-corrected chi connectivity index (χ0v) is 8.71. The molecule has 0 fully saturated rings. The summed E-state index contributed by atoms with van der Waals surface area (Å²) in [5, 5.41) is 0. The van der Waals surface area contributed by atoms with E-state index in [4.69, 9.17) is 10.2 Å². The Morgan fingerprint density at radius 2 is 2.54 bits per heavy atom. The summed E-state index contributed by atoms with van der Waals surface area (Å²) in [5.41, 5.74) is 5.69. The number of hydrogen-bond acceptors (Lipinski definition) is 4. The minimum Gasteiger partial charge on any atom is -0.469 e. The SMILES string of the molecule is COC(=O)C[C@@H](N)c1occc1Br. The Kier molecular flexibility index (Phi) is 3.50. The first-order valence-electron chi connectivity index (χ1n) is 3.70. The van der Waals surface area contributed by atoms with Crippen LogP contribution in [0.15, 0.2) is 21.2 Å². The molecule has 0 saturated heterocycles. The first-order chi connectivity index (χ1) is 6.15. The fourth-order valence-corrected chi connectivity index (χ4v) is 1.42. The van der Waals surface area contributed by atoms with Crippen LogP contribution in [0.5, 0.6) is 0 Å². The number of halogens is 1. The van der Waals surface area contributed by atoms with Gasteiger partial charge in [0, 0.05) is 0 Å². The molecule has 1 rings (SSSR count). The van der Waals surface area contributed by atoms with Gasteiger partial charge in [0.05, 0.1) is 30.3 Å². The Hall–Kier alpha value is -0.810. The van der Waals surface area contributed by atoms with Gasteiger partial charge in [-0.05, 0) is 22.0 Å². The maximum absolute atomic E-state index is 10.9. The third-order valence-corrected chi connectivity index (χ3v) is 2.25. The van der Waals surface area contributed by atoms with E-state index in [1.165, 1.54) is 13.4 Å². The van der Waals surface area contributed by atoms with Crippen LogP contribution in [-0.4, -0.2) is 13.1 Å². The van der Waals surface area contributed by atoms with Crippen molar-refractivity contribution < 1.29 is 13.9 Å². The molecule has 1 heterocycles. The van der Waals surface area contributed by atoms with Crippen LogP contribution >= 0.6 is 15.9 Å². The first-order valence-corrected chi connectivity index (χ1v) is 4.49. The molecule has 0 aliphatic rings. The molecule has 0 saturated carbocycles. The van der Waals surface area contributed by atoms with Crippen molar-refractivity contribution in [3.8, 4) is 0 Å². The molecule has 0 bridgehead atoms. The lowest BCUT2D eigenvalue weighted by molar-refractivity contribution is -0.141. The lowest BCUT2D eigenvalue weighted by Crippen LogP contribution is -2.15. The molecule has 0 radical (unpaired) electrons. The van der Waals surface area contributed by atoms with E-state index >= 15 is 0 Å². The van der Waals surface area contributed by atoms with Crippen molar-refractivity contribution >= 4 is 21.9 Å². The second-order valence-electron chi connectivity index (χ2n) is 2.52. The second kappa shape index (κ2) is 4.43. The van der Waals surface area contributed by atoms with Crippen molar-refractivity contribution in [2.75, 3.05) is 7.11 Å². The molecule has 0 unspecified atom stereocenters. The summed E-state index contributed by atoms with van der Waals surface area (Å²) in [4.78, 5) is 10.9. The monoisotopic (exact) mass is 247 g/mol. The normalized spacial score (nSPS) is 12.5. The first kappa shape index (κ1) is 10.3. The molecule has 4 nitrogen and oxygen atoms in total. The molecule has 0 aromatic carbocycles. The Morgan fingerprint density at radius 3 is 3.00 bits per heavy atom. The molecule has 1 atom stereocenters. The van der Waals surface area contributed by atoms with Crippen LogP contribution in [0.2, 0.25) is 0 Å². The quantitative estimate of drug-likeness (QED) is 0.825. The smallest absolute Gasteiger partial charge is 0.307 e. The molecule has 0 spiro atoms. The minimum absolute atomic E-state index is 0.114. The number of ether oxygens (including phenoxy) is 1. The van der Waals surface area contributed by atoms with Gasteiger partial charge in [0.25, 0.3) is 0 Å². The highest BCUT2D eigenvalue weighted by molar-refractivity contribution is 9.10. The third kappa shape index (κ3) is 2.57. The Labute approximate surface area is 84.2 Å². The van der Waals surface area contributed by atoms with Crippen molar-refractivity contribution in [2.45, 2.75) is 12.5 Å². The van der Waals surface area contributed by atoms with Gasteiger partial charge in [-0.25, -0.2) is 0 Å². The summed E-state index contributed by atoms with van der Waals surface area (Å²) < 4.78 is 10.3. The van der Waals surface area contributed by atoms with Crippen LogP contribution in [0.1, 0.15) is 18.2 Å². The maximum atomic E-state index is 10.9. The molecule has 13 heavy (non-hydrogen) atoms. The van der Waals surface area contributed by atoms with Gasteiger partial charge in [-0.1, -0.05) is 0 Å². The molecule has 0 aliphatic carbocycles. The number of hydrogen-bond donors (Lipinski definition) is 1. The lowest BCUT2D eigenvalue weighted by Gasteiger charge is -2.07. The Balaban J connectivity index is 2.63. The lowest BCUT2D eigenvalue weighted by atomic mass is 10.2.